The van der Waals surface area contributed by atoms with Crippen LogP contribution in [0.1, 0.15) is 38.7 Å². The second-order valence-electron chi connectivity index (χ2n) is 5.74. The first-order chi connectivity index (χ1) is 7.32. The van der Waals surface area contributed by atoms with Gasteiger partial charge in [0, 0.05) is 10.2 Å². The summed E-state index contributed by atoms with van der Waals surface area (Å²) in [4.78, 5) is 12.1. The van der Waals surface area contributed by atoms with Crippen molar-refractivity contribution in [1.29, 1.82) is 0 Å². The Labute approximate surface area is 93.0 Å². The summed E-state index contributed by atoms with van der Waals surface area (Å²) in [5.74, 6) is -0.972. The first kappa shape index (κ1) is 7.91. The third-order valence-electron chi connectivity index (χ3n) is 3.83. The number of hydrogen-bond donors (Lipinski definition) is 0. The molecule has 1 rings (SSSR count). The van der Waals surface area contributed by atoms with Crippen LogP contribution in [0.5, 0.6) is 0 Å². The van der Waals surface area contributed by atoms with Gasteiger partial charge in [0.1, 0.15) is 0 Å². The van der Waals surface area contributed by atoms with Crippen LogP contribution in [-0.4, -0.2) is 24.7 Å². The molecular formula is C11H23NOSi. The van der Waals surface area contributed by atoms with E-state index in [2.05, 4.69) is 33.9 Å². The molecule has 3 heteroatoms. The summed E-state index contributed by atoms with van der Waals surface area (Å²) in [6.45, 7) is 10.4. The van der Waals surface area contributed by atoms with Gasteiger partial charge in [0.25, 0.3) is 0 Å². The Kier molecular flexibility index (Phi) is 1.75. The minimum absolute atomic E-state index is 0.0522. The average Bonchev–Trinajstić information content (AvgIpc) is 1.97. The van der Waals surface area contributed by atoms with Crippen molar-refractivity contribution in [3.8, 4) is 0 Å². The van der Waals surface area contributed by atoms with Crippen molar-refractivity contribution in [1.82, 2.24) is 4.57 Å². The quantitative estimate of drug-likeness (QED) is 0.487. The lowest BCUT2D eigenvalue weighted by Crippen LogP contribution is -2.71. The molecule has 0 aliphatic carbocycles. The molecule has 0 N–H and O–H groups in total. The van der Waals surface area contributed by atoms with Crippen LogP contribution in [0.15, 0.2) is 0 Å². The summed E-state index contributed by atoms with van der Waals surface area (Å²) in [5.41, 5.74) is 0. The molecule has 0 bridgehead atoms. The second-order valence-corrected chi connectivity index (χ2v) is 10.8. The second kappa shape index (κ2) is 3.09. The SMILES string of the molecule is [2H]C([2H])([2H])[C@H]1C(=O)N([Si](C)(C)C(C)(C)C)[C@@H]1C. The largest absolute Gasteiger partial charge is 0.366 e. The highest BCUT2D eigenvalue weighted by atomic mass is 28.3. The number of rotatable bonds is 1. The van der Waals surface area contributed by atoms with E-state index in [0.29, 0.717) is 0 Å². The summed E-state index contributed by atoms with van der Waals surface area (Å²) in [6, 6.07) is -0.157. The van der Waals surface area contributed by atoms with E-state index in [-0.39, 0.29) is 17.0 Å². The van der Waals surface area contributed by atoms with E-state index in [9.17, 15) is 4.79 Å². The van der Waals surface area contributed by atoms with Crippen LogP contribution < -0.4 is 0 Å². The fraction of sp³-hybridized carbons (Fsp3) is 0.909. The maximum absolute atomic E-state index is 12.1. The van der Waals surface area contributed by atoms with Crippen molar-refractivity contribution < 1.29 is 8.91 Å². The summed E-state index contributed by atoms with van der Waals surface area (Å²) < 4.78 is 24.1. The van der Waals surface area contributed by atoms with Gasteiger partial charge in [0.2, 0.25) is 5.91 Å². The third kappa shape index (κ3) is 1.42. The molecule has 0 spiro atoms. The third-order valence-corrected chi connectivity index (χ3v) is 9.33. The Hall–Kier alpha value is -0.313. The molecular weight excluding hydrogens is 190 g/mol. The van der Waals surface area contributed by atoms with Crippen LogP contribution in [0, 0.1) is 5.92 Å². The number of hydrogen-bond acceptors (Lipinski definition) is 1. The van der Waals surface area contributed by atoms with Gasteiger partial charge in [0.05, 0.1) is 5.92 Å². The average molecular weight is 216 g/mol. The molecule has 1 aliphatic heterocycles. The topological polar surface area (TPSA) is 20.3 Å². The Bertz CT molecular complexity index is 333. The predicted molar refractivity (Wildman–Crippen MR) is 62.7 cm³/mol. The lowest BCUT2D eigenvalue weighted by atomic mass is 9.94. The number of nitrogens with zero attached hydrogens (tertiary/aromatic N) is 1. The summed E-state index contributed by atoms with van der Waals surface area (Å²) in [7, 11) is -1.93. The Morgan fingerprint density at radius 1 is 1.43 bits per heavy atom. The van der Waals surface area contributed by atoms with Crippen LogP contribution in [0.3, 0.4) is 0 Å². The van der Waals surface area contributed by atoms with Gasteiger partial charge >= 0.3 is 0 Å². The molecule has 1 fully saturated rings. The molecule has 2 atom stereocenters. The summed E-state index contributed by atoms with van der Waals surface area (Å²) in [5, 5.41) is 0.0522. The maximum Gasteiger partial charge on any atom is 0.219 e. The lowest BCUT2D eigenvalue weighted by Gasteiger charge is -2.57. The number of carbonyl (C=O) groups excluding carboxylic acids is 1. The van der Waals surface area contributed by atoms with Gasteiger partial charge < -0.3 is 4.57 Å². The molecule has 0 aromatic heterocycles. The summed E-state index contributed by atoms with van der Waals surface area (Å²) in [6.07, 6.45) is 0. The molecule has 1 saturated heterocycles. The van der Waals surface area contributed by atoms with Gasteiger partial charge in [-0.1, -0.05) is 40.7 Å². The molecule has 0 aromatic rings. The fourth-order valence-corrected chi connectivity index (χ4v) is 4.35. The van der Waals surface area contributed by atoms with Crippen LogP contribution in [-0.2, 0) is 4.79 Å². The molecule has 1 heterocycles. The van der Waals surface area contributed by atoms with Gasteiger partial charge in [-0.3, -0.25) is 4.79 Å². The van der Waals surface area contributed by atoms with Crippen molar-refractivity contribution in [3.05, 3.63) is 0 Å². The Morgan fingerprint density at radius 2 is 1.93 bits per heavy atom. The smallest absolute Gasteiger partial charge is 0.219 e. The number of amides is 1. The zero-order valence-electron chi connectivity index (χ0n) is 13.0. The van der Waals surface area contributed by atoms with Crippen LogP contribution >= 0.6 is 0 Å². The highest BCUT2D eigenvalue weighted by molar-refractivity contribution is 6.80. The first-order valence-electron chi connectivity index (χ1n) is 6.65. The van der Waals surface area contributed by atoms with Crippen molar-refractivity contribution in [3.63, 3.8) is 0 Å². The molecule has 1 amide bonds. The van der Waals surface area contributed by atoms with Crippen molar-refractivity contribution in [2.24, 2.45) is 5.92 Å². The van der Waals surface area contributed by atoms with E-state index in [4.69, 9.17) is 4.11 Å². The van der Waals surface area contributed by atoms with Crippen LogP contribution in [0.4, 0.5) is 0 Å². The Balaban J connectivity index is 2.97. The monoisotopic (exact) mass is 216 g/mol. The van der Waals surface area contributed by atoms with E-state index in [1.807, 2.05) is 11.5 Å². The molecule has 0 unspecified atom stereocenters. The van der Waals surface area contributed by atoms with Crippen molar-refractivity contribution in [2.45, 2.75) is 58.7 Å². The normalized spacial score (nSPS) is 33.1. The van der Waals surface area contributed by atoms with E-state index < -0.39 is 21.0 Å². The fourth-order valence-electron chi connectivity index (χ4n) is 1.77. The lowest BCUT2D eigenvalue weighted by molar-refractivity contribution is -0.145. The zero-order chi connectivity index (χ0) is 13.8. The van der Waals surface area contributed by atoms with Gasteiger partial charge in [0.15, 0.2) is 8.24 Å². The molecule has 14 heavy (non-hydrogen) atoms. The Morgan fingerprint density at radius 3 is 2.21 bits per heavy atom. The molecule has 0 aromatic carbocycles. The minimum Gasteiger partial charge on any atom is -0.366 e. The molecule has 82 valence electrons. The van der Waals surface area contributed by atoms with Gasteiger partial charge in [-0.15, -0.1) is 0 Å². The first-order valence-corrected chi connectivity index (χ1v) is 8.09. The van der Waals surface area contributed by atoms with Crippen LogP contribution in [0.25, 0.3) is 0 Å². The van der Waals surface area contributed by atoms with Crippen LogP contribution in [0.2, 0.25) is 18.1 Å². The molecule has 2 nitrogen and oxygen atoms in total. The highest BCUT2D eigenvalue weighted by Gasteiger charge is 2.53. The molecule has 0 saturated carbocycles. The number of β-lactam (4-membered cyclic amide) rings is 1. The number of carbonyl (C=O) groups is 1. The molecule has 0 radical (unpaired) electrons. The standard InChI is InChI=1S/C11H23NOSi/c1-8-9(2)12(10(8)13)14(6,7)11(3,4)5/h8-9H,1-7H3/t8-,9-/m1/s1/i1D3. The predicted octanol–water partition coefficient (Wildman–Crippen LogP) is 2.86. The zero-order valence-corrected chi connectivity index (χ0v) is 11.0. The highest BCUT2D eigenvalue weighted by Crippen LogP contribution is 2.44. The van der Waals surface area contributed by atoms with Crippen molar-refractivity contribution >= 4 is 14.1 Å². The van der Waals surface area contributed by atoms with Gasteiger partial charge in [-0.05, 0) is 12.0 Å². The minimum atomic E-state index is -2.16. The van der Waals surface area contributed by atoms with Gasteiger partial charge in [-0.25, -0.2) is 0 Å². The summed E-state index contributed by atoms with van der Waals surface area (Å²) >= 11 is 0. The van der Waals surface area contributed by atoms with E-state index in [0.717, 1.165) is 0 Å². The maximum atomic E-state index is 12.1. The van der Waals surface area contributed by atoms with Gasteiger partial charge in [-0.2, -0.15) is 0 Å². The van der Waals surface area contributed by atoms with Crippen molar-refractivity contribution in [2.75, 3.05) is 0 Å². The molecule has 1 aliphatic rings. The van der Waals surface area contributed by atoms with E-state index in [1.54, 1.807) is 0 Å². The van der Waals surface area contributed by atoms with E-state index >= 15 is 0 Å². The van der Waals surface area contributed by atoms with E-state index in [1.165, 1.54) is 0 Å².